The summed E-state index contributed by atoms with van der Waals surface area (Å²) in [5.74, 6) is 0. The van der Waals surface area contributed by atoms with E-state index in [0.29, 0.717) is 34.8 Å². The van der Waals surface area contributed by atoms with Crippen LogP contribution in [-0.4, -0.2) is 27.2 Å². The van der Waals surface area contributed by atoms with Gasteiger partial charge in [0.1, 0.15) is 5.65 Å². The summed E-state index contributed by atoms with van der Waals surface area (Å²) < 4.78 is 7.10. The number of aromatic nitrogens is 3. The van der Waals surface area contributed by atoms with Crippen LogP contribution in [0.3, 0.4) is 0 Å². The van der Waals surface area contributed by atoms with Crippen LogP contribution in [0, 0.1) is 0 Å². The molecule has 0 radical (unpaired) electrons. The molecule has 1 N–H and O–H groups in total. The van der Waals surface area contributed by atoms with E-state index >= 15 is 0 Å². The number of benzene rings is 1. The highest BCUT2D eigenvalue weighted by molar-refractivity contribution is 6.33. The molecule has 25 heavy (non-hydrogen) atoms. The molecular weight excluding hydrogens is 342 g/mol. The standard InChI is InChI=1S/C18H16ClN3O3/c19-14-6-2-1-5-12(14)13-7-8-20-16-15(13)17(23)21-18(24)22(16)10-11-4-3-9-25-11/h1-2,5-8,11H,3-4,9-10H2,(H,21,23,24). The van der Waals surface area contributed by atoms with Gasteiger partial charge in [0.15, 0.2) is 0 Å². The Morgan fingerprint density at radius 3 is 2.84 bits per heavy atom. The Morgan fingerprint density at radius 1 is 1.24 bits per heavy atom. The van der Waals surface area contributed by atoms with Crippen molar-refractivity contribution in [3.8, 4) is 11.1 Å². The summed E-state index contributed by atoms with van der Waals surface area (Å²) in [4.78, 5) is 31.6. The maximum Gasteiger partial charge on any atom is 0.330 e. The number of fused-ring (bicyclic) bond motifs is 1. The van der Waals surface area contributed by atoms with E-state index in [1.807, 2.05) is 18.2 Å². The van der Waals surface area contributed by atoms with Gasteiger partial charge in [-0.3, -0.25) is 14.3 Å². The molecule has 7 heteroatoms. The Labute approximate surface area is 148 Å². The van der Waals surface area contributed by atoms with Gasteiger partial charge in [-0.15, -0.1) is 0 Å². The molecule has 0 amide bonds. The molecule has 0 saturated carbocycles. The number of halogens is 1. The fourth-order valence-electron chi connectivity index (χ4n) is 3.27. The van der Waals surface area contributed by atoms with Crippen LogP contribution in [-0.2, 0) is 11.3 Å². The molecule has 0 bridgehead atoms. The summed E-state index contributed by atoms with van der Waals surface area (Å²) in [6, 6.07) is 9.02. The van der Waals surface area contributed by atoms with Gasteiger partial charge in [-0.2, -0.15) is 0 Å². The van der Waals surface area contributed by atoms with Gasteiger partial charge in [-0.1, -0.05) is 29.8 Å². The lowest BCUT2D eigenvalue weighted by Crippen LogP contribution is -2.34. The molecule has 1 fully saturated rings. The average Bonchev–Trinajstić information content (AvgIpc) is 3.11. The second kappa shape index (κ2) is 6.46. The zero-order chi connectivity index (χ0) is 17.4. The lowest BCUT2D eigenvalue weighted by molar-refractivity contribution is 0.0967. The lowest BCUT2D eigenvalue weighted by Gasteiger charge is -2.15. The van der Waals surface area contributed by atoms with E-state index < -0.39 is 11.2 Å². The molecule has 3 heterocycles. The predicted octanol–water partition coefficient (Wildman–Crippen LogP) is 2.58. The first-order valence-electron chi connectivity index (χ1n) is 8.13. The Bertz CT molecular complexity index is 1050. The number of H-pyrrole nitrogens is 1. The van der Waals surface area contributed by atoms with Crippen LogP contribution in [0.25, 0.3) is 22.2 Å². The molecule has 1 aliphatic heterocycles. The first-order valence-corrected chi connectivity index (χ1v) is 8.51. The highest BCUT2D eigenvalue weighted by atomic mass is 35.5. The zero-order valence-corrected chi connectivity index (χ0v) is 14.1. The van der Waals surface area contributed by atoms with E-state index in [4.69, 9.17) is 16.3 Å². The van der Waals surface area contributed by atoms with Gasteiger partial charge in [0.2, 0.25) is 0 Å². The molecule has 2 aromatic heterocycles. The number of pyridine rings is 1. The van der Waals surface area contributed by atoms with Crippen molar-refractivity contribution < 1.29 is 4.74 Å². The third kappa shape index (κ3) is 2.88. The number of hydrogen-bond acceptors (Lipinski definition) is 4. The molecule has 128 valence electrons. The van der Waals surface area contributed by atoms with Crippen molar-refractivity contribution in [2.75, 3.05) is 6.61 Å². The molecule has 4 rings (SSSR count). The average molecular weight is 358 g/mol. The largest absolute Gasteiger partial charge is 0.376 e. The molecule has 0 spiro atoms. The van der Waals surface area contributed by atoms with Crippen molar-refractivity contribution in [3.63, 3.8) is 0 Å². The van der Waals surface area contributed by atoms with Crippen LogP contribution in [0.1, 0.15) is 12.8 Å². The number of nitrogens with one attached hydrogen (secondary N) is 1. The first-order chi connectivity index (χ1) is 12.1. The van der Waals surface area contributed by atoms with Crippen LogP contribution < -0.4 is 11.2 Å². The Hall–Kier alpha value is -2.44. The molecule has 0 aliphatic carbocycles. The van der Waals surface area contributed by atoms with Crippen molar-refractivity contribution in [3.05, 3.63) is 62.4 Å². The number of ether oxygens (including phenoxy) is 1. The molecule has 1 saturated heterocycles. The minimum absolute atomic E-state index is 0.0439. The fraction of sp³-hybridized carbons (Fsp3) is 0.278. The maximum atomic E-state index is 12.5. The summed E-state index contributed by atoms with van der Waals surface area (Å²) in [7, 11) is 0. The third-order valence-corrected chi connectivity index (χ3v) is 4.78. The van der Waals surface area contributed by atoms with Crippen LogP contribution in [0.4, 0.5) is 0 Å². The van der Waals surface area contributed by atoms with E-state index in [2.05, 4.69) is 9.97 Å². The monoisotopic (exact) mass is 357 g/mol. The summed E-state index contributed by atoms with van der Waals surface area (Å²) in [5, 5.41) is 0.888. The van der Waals surface area contributed by atoms with Gasteiger partial charge in [0.25, 0.3) is 5.56 Å². The summed E-state index contributed by atoms with van der Waals surface area (Å²) in [6.07, 6.45) is 3.40. The Morgan fingerprint density at radius 2 is 2.08 bits per heavy atom. The molecule has 1 aromatic carbocycles. The van der Waals surface area contributed by atoms with E-state index in [1.54, 1.807) is 18.3 Å². The van der Waals surface area contributed by atoms with Crippen molar-refractivity contribution in [2.45, 2.75) is 25.5 Å². The van der Waals surface area contributed by atoms with E-state index in [0.717, 1.165) is 18.4 Å². The third-order valence-electron chi connectivity index (χ3n) is 4.45. The van der Waals surface area contributed by atoms with Crippen molar-refractivity contribution in [1.29, 1.82) is 0 Å². The topological polar surface area (TPSA) is 77.0 Å². The minimum Gasteiger partial charge on any atom is -0.376 e. The van der Waals surface area contributed by atoms with Crippen LogP contribution in [0.2, 0.25) is 5.02 Å². The molecule has 3 aromatic rings. The predicted molar refractivity (Wildman–Crippen MR) is 96.0 cm³/mol. The van der Waals surface area contributed by atoms with Gasteiger partial charge < -0.3 is 4.74 Å². The molecule has 1 unspecified atom stereocenters. The zero-order valence-electron chi connectivity index (χ0n) is 13.4. The number of aromatic amines is 1. The van der Waals surface area contributed by atoms with Crippen LogP contribution >= 0.6 is 11.6 Å². The van der Waals surface area contributed by atoms with Crippen LogP contribution in [0.15, 0.2) is 46.1 Å². The summed E-state index contributed by atoms with van der Waals surface area (Å²) >= 11 is 6.30. The smallest absolute Gasteiger partial charge is 0.330 e. The fourth-order valence-corrected chi connectivity index (χ4v) is 3.51. The molecular formula is C18H16ClN3O3. The second-order valence-electron chi connectivity index (χ2n) is 6.04. The van der Waals surface area contributed by atoms with Gasteiger partial charge in [0, 0.05) is 29.0 Å². The summed E-state index contributed by atoms with van der Waals surface area (Å²) in [5.41, 5.74) is 0.785. The Kier molecular flexibility index (Phi) is 4.15. The highest BCUT2D eigenvalue weighted by Crippen LogP contribution is 2.30. The number of hydrogen-bond donors (Lipinski definition) is 1. The minimum atomic E-state index is -0.475. The van der Waals surface area contributed by atoms with Crippen molar-refractivity contribution in [2.24, 2.45) is 0 Å². The van der Waals surface area contributed by atoms with E-state index in [9.17, 15) is 9.59 Å². The lowest BCUT2D eigenvalue weighted by atomic mass is 10.0. The quantitative estimate of drug-likeness (QED) is 0.781. The number of nitrogens with zero attached hydrogens (tertiary/aromatic N) is 2. The maximum absolute atomic E-state index is 12.5. The van der Waals surface area contributed by atoms with Crippen molar-refractivity contribution in [1.82, 2.24) is 14.5 Å². The Balaban J connectivity index is 1.97. The summed E-state index contributed by atoms with van der Waals surface area (Å²) in [6.45, 7) is 1.06. The van der Waals surface area contributed by atoms with Gasteiger partial charge in [-0.25, -0.2) is 9.78 Å². The van der Waals surface area contributed by atoms with Crippen molar-refractivity contribution >= 4 is 22.6 Å². The molecule has 6 nitrogen and oxygen atoms in total. The van der Waals surface area contributed by atoms with Gasteiger partial charge in [0.05, 0.1) is 18.0 Å². The molecule has 1 atom stereocenters. The van der Waals surface area contributed by atoms with Gasteiger partial charge >= 0.3 is 5.69 Å². The van der Waals surface area contributed by atoms with Gasteiger partial charge in [-0.05, 0) is 25.0 Å². The molecule has 1 aliphatic rings. The number of rotatable bonds is 3. The normalized spacial score (nSPS) is 17.2. The van der Waals surface area contributed by atoms with Crippen LogP contribution in [0.5, 0.6) is 0 Å². The SMILES string of the molecule is O=c1[nH]c(=O)n(CC2CCCO2)c2nccc(-c3ccccc3Cl)c12. The first kappa shape index (κ1) is 16.1. The van der Waals surface area contributed by atoms with E-state index in [1.165, 1.54) is 4.57 Å². The van der Waals surface area contributed by atoms with E-state index in [-0.39, 0.29) is 6.10 Å². The second-order valence-corrected chi connectivity index (χ2v) is 6.45. The highest BCUT2D eigenvalue weighted by Gasteiger charge is 2.20.